The van der Waals surface area contributed by atoms with Gasteiger partial charge in [-0.05, 0) is 61.3 Å². The van der Waals surface area contributed by atoms with Crippen molar-refractivity contribution in [2.24, 2.45) is 11.8 Å². The fraction of sp³-hybridized carbons (Fsp3) is 0.577. The van der Waals surface area contributed by atoms with Crippen LogP contribution in [0.4, 0.5) is 0 Å². The van der Waals surface area contributed by atoms with Gasteiger partial charge in [-0.25, -0.2) is 4.98 Å². The molecule has 2 heterocycles. The largest absolute Gasteiger partial charge is 0.373 e. The fourth-order valence-corrected chi connectivity index (χ4v) is 7.51. The second-order valence-corrected chi connectivity index (χ2v) is 10.8. The monoisotopic (exact) mass is 424 g/mol. The van der Waals surface area contributed by atoms with E-state index < -0.39 is 0 Å². The van der Waals surface area contributed by atoms with Crippen molar-refractivity contribution in [2.75, 3.05) is 20.2 Å². The van der Waals surface area contributed by atoms with E-state index in [2.05, 4.69) is 60.1 Å². The van der Waals surface area contributed by atoms with E-state index in [4.69, 9.17) is 16.3 Å². The number of hydrogen-bond acceptors (Lipinski definition) is 3. The maximum Gasteiger partial charge on any atom is 0.129 e. The Bertz CT molecular complexity index is 894. The number of hydrogen-bond donors (Lipinski definition) is 0. The predicted molar refractivity (Wildman–Crippen MR) is 122 cm³/mol. The van der Waals surface area contributed by atoms with E-state index in [1.165, 1.54) is 43.2 Å². The molecular weight excluding hydrogens is 392 g/mol. The van der Waals surface area contributed by atoms with Crippen molar-refractivity contribution in [3.8, 4) is 0 Å². The molecule has 1 aromatic heterocycles. The summed E-state index contributed by atoms with van der Waals surface area (Å²) in [5.74, 6) is 0.989. The van der Waals surface area contributed by atoms with Crippen molar-refractivity contribution in [3.63, 3.8) is 0 Å². The molecule has 1 saturated heterocycles. The van der Waals surface area contributed by atoms with Crippen LogP contribution in [0.15, 0.2) is 48.7 Å². The average molecular weight is 425 g/mol. The molecule has 2 unspecified atom stereocenters. The van der Waals surface area contributed by atoms with Crippen molar-refractivity contribution in [1.29, 1.82) is 0 Å². The molecule has 2 atom stereocenters. The van der Waals surface area contributed by atoms with E-state index in [0.29, 0.717) is 22.4 Å². The summed E-state index contributed by atoms with van der Waals surface area (Å²) >= 11 is 6.29. The van der Waals surface area contributed by atoms with Crippen molar-refractivity contribution in [1.82, 2.24) is 9.88 Å². The molecule has 0 spiro atoms. The van der Waals surface area contributed by atoms with Gasteiger partial charge in [-0.1, -0.05) is 55.3 Å². The Morgan fingerprint density at radius 1 is 1.00 bits per heavy atom. The van der Waals surface area contributed by atoms with Crippen LogP contribution in [0.1, 0.15) is 57.1 Å². The Labute approximate surface area is 185 Å². The zero-order valence-electron chi connectivity index (χ0n) is 18.4. The van der Waals surface area contributed by atoms with Crippen LogP contribution in [-0.2, 0) is 15.8 Å². The third-order valence-corrected chi connectivity index (χ3v) is 8.70. The number of rotatable bonds is 4. The highest BCUT2D eigenvalue weighted by Gasteiger charge is 2.59. The number of pyridine rings is 1. The minimum absolute atomic E-state index is 0.232. The number of ether oxygens (including phenoxy) is 1. The lowest BCUT2D eigenvalue weighted by molar-refractivity contribution is -0.194. The highest BCUT2D eigenvalue weighted by Crippen LogP contribution is 2.58. The standard InChI is InChI=1S/C26H33ClN2O/c1-24(19-8-5-4-6-9-19)17-25(2,18-24)29-15-21-10-7-11-22(16-29)26(21,30-3)20-12-13-28-23(27)14-20/h4-6,8-9,12-14,21-22H,7,10-11,15-18H2,1-3H3. The molecular formula is C26H33ClN2O. The molecule has 2 aromatic rings. The first-order valence-corrected chi connectivity index (χ1v) is 11.8. The molecule has 0 amide bonds. The fourth-order valence-electron chi connectivity index (χ4n) is 7.34. The van der Waals surface area contributed by atoms with E-state index >= 15 is 0 Å². The molecule has 2 aliphatic carbocycles. The molecule has 30 heavy (non-hydrogen) atoms. The van der Waals surface area contributed by atoms with Gasteiger partial charge in [0.05, 0.1) is 0 Å². The molecule has 160 valence electrons. The van der Waals surface area contributed by atoms with Gasteiger partial charge < -0.3 is 4.74 Å². The zero-order chi connectivity index (χ0) is 21.0. The molecule has 2 bridgehead atoms. The lowest BCUT2D eigenvalue weighted by atomic mass is 9.54. The van der Waals surface area contributed by atoms with Crippen LogP contribution in [0.2, 0.25) is 5.15 Å². The second-order valence-electron chi connectivity index (χ2n) is 10.4. The summed E-state index contributed by atoms with van der Waals surface area (Å²) in [6.45, 7) is 7.13. The number of methoxy groups -OCH3 is 1. The number of halogens is 1. The third kappa shape index (κ3) is 3.04. The summed E-state index contributed by atoms with van der Waals surface area (Å²) in [6.07, 6.45) is 8.01. The Kier molecular flexibility index (Phi) is 5.00. The van der Waals surface area contributed by atoms with Crippen molar-refractivity contribution in [3.05, 3.63) is 64.9 Å². The number of aromatic nitrogens is 1. The van der Waals surface area contributed by atoms with E-state index in [1.807, 2.05) is 19.4 Å². The normalized spacial score (nSPS) is 38.8. The Hall–Kier alpha value is -1.42. The zero-order valence-corrected chi connectivity index (χ0v) is 19.2. The average Bonchev–Trinajstić information content (AvgIpc) is 2.72. The first-order valence-electron chi connectivity index (χ1n) is 11.4. The van der Waals surface area contributed by atoms with Crippen LogP contribution in [0.25, 0.3) is 0 Å². The Balaban J connectivity index is 1.40. The Morgan fingerprint density at radius 2 is 1.67 bits per heavy atom. The minimum atomic E-state index is -0.232. The summed E-state index contributed by atoms with van der Waals surface area (Å²) < 4.78 is 6.40. The highest BCUT2D eigenvalue weighted by atomic mass is 35.5. The van der Waals surface area contributed by atoms with Crippen LogP contribution in [0, 0.1) is 11.8 Å². The van der Waals surface area contributed by atoms with E-state index in [0.717, 1.165) is 13.1 Å². The van der Waals surface area contributed by atoms with Crippen molar-refractivity contribution < 1.29 is 4.74 Å². The molecule has 1 aromatic carbocycles. The second kappa shape index (κ2) is 7.32. The maximum atomic E-state index is 6.40. The quantitative estimate of drug-likeness (QED) is 0.578. The molecule has 5 rings (SSSR count). The summed E-state index contributed by atoms with van der Waals surface area (Å²) in [4.78, 5) is 7.01. The Morgan fingerprint density at radius 3 is 2.27 bits per heavy atom. The number of piperidine rings is 1. The third-order valence-electron chi connectivity index (χ3n) is 8.49. The summed E-state index contributed by atoms with van der Waals surface area (Å²) in [5.41, 5.74) is 3.03. The SMILES string of the molecule is COC1(c2ccnc(Cl)c2)C2CCCC1CN(C1(C)CC(C)(c3ccccc3)C1)C2. The van der Waals surface area contributed by atoms with Gasteiger partial charge in [0.15, 0.2) is 0 Å². The smallest absolute Gasteiger partial charge is 0.129 e. The molecule has 3 aliphatic rings. The van der Waals surface area contributed by atoms with Gasteiger partial charge in [0.2, 0.25) is 0 Å². The lowest BCUT2D eigenvalue weighted by Gasteiger charge is -2.64. The molecule has 3 fully saturated rings. The van der Waals surface area contributed by atoms with E-state index in [1.54, 1.807) is 0 Å². The molecule has 2 saturated carbocycles. The van der Waals surface area contributed by atoms with Crippen LogP contribution in [-0.4, -0.2) is 35.6 Å². The molecule has 4 heteroatoms. The van der Waals surface area contributed by atoms with Gasteiger partial charge in [0, 0.05) is 43.8 Å². The summed E-state index contributed by atoms with van der Waals surface area (Å²) in [7, 11) is 1.90. The van der Waals surface area contributed by atoms with Crippen molar-refractivity contribution in [2.45, 2.75) is 62.5 Å². The van der Waals surface area contributed by atoms with Gasteiger partial charge in [-0.2, -0.15) is 0 Å². The number of benzene rings is 1. The van der Waals surface area contributed by atoms with Gasteiger partial charge in [0.25, 0.3) is 0 Å². The summed E-state index contributed by atoms with van der Waals surface area (Å²) in [6, 6.07) is 15.2. The van der Waals surface area contributed by atoms with Crippen LogP contribution in [0.3, 0.4) is 0 Å². The van der Waals surface area contributed by atoms with E-state index in [9.17, 15) is 0 Å². The number of fused-ring (bicyclic) bond motifs is 2. The molecule has 0 N–H and O–H groups in total. The number of nitrogens with zero attached hydrogens (tertiary/aromatic N) is 2. The summed E-state index contributed by atoms with van der Waals surface area (Å²) in [5, 5.41) is 0.564. The van der Waals surface area contributed by atoms with Gasteiger partial charge in [-0.15, -0.1) is 0 Å². The van der Waals surface area contributed by atoms with E-state index in [-0.39, 0.29) is 11.1 Å². The maximum absolute atomic E-state index is 6.40. The van der Waals surface area contributed by atoms with Gasteiger partial charge >= 0.3 is 0 Å². The highest BCUT2D eigenvalue weighted by molar-refractivity contribution is 6.29. The van der Waals surface area contributed by atoms with Crippen LogP contribution < -0.4 is 0 Å². The minimum Gasteiger partial charge on any atom is -0.373 e. The molecule has 1 aliphatic heterocycles. The first kappa shape index (κ1) is 20.5. The number of likely N-dealkylation sites (tertiary alicyclic amines) is 1. The van der Waals surface area contributed by atoms with Crippen LogP contribution >= 0.6 is 11.6 Å². The van der Waals surface area contributed by atoms with Crippen molar-refractivity contribution >= 4 is 11.6 Å². The first-order chi connectivity index (χ1) is 14.4. The topological polar surface area (TPSA) is 25.4 Å². The van der Waals surface area contributed by atoms with Gasteiger partial charge in [0.1, 0.15) is 10.8 Å². The molecule has 3 nitrogen and oxygen atoms in total. The van der Waals surface area contributed by atoms with Gasteiger partial charge in [-0.3, -0.25) is 4.90 Å². The molecule has 0 radical (unpaired) electrons. The lowest BCUT2D eigenvalue weighted by Crippen LogP contribution is -2.68. The predicted octanol–water partition coefficient (Wildman–Crippen LogP) is 5.82. The van der Waals surface area contributed by atoms with Crippen LogP contribution in [0.5, 0.6) is 0 Å².